The minimum absolute atomic E-state index is 0.0814. The fraction of sp³-hybridized carbons (Fsp3) is 0.533. The standard InChI is InChI=1S/C15H18ClF2NO/c16-8-9-19(12-4-2-1-3-5-12)15(20)13-7-6-11(17)10-14(13)18/h6-7,10,12H,1-5,8-9H2. The average molecular weight is 302 g/mol. The molecule has 1 aromatic carbocycles. The van der Waals surface area contributed by atoms with Gasteiger partial charge in [0.25, 0.3) is 5.91 Å². The van der Waals surface area contributed by atoms with Crippen LogP contribution in [0, 0.1) is 11.6 Å². The molecule has 5 heteroatoms. The van der Waals surface area contributed by atoms with Gasteiger partial charge in [0.1, 0.15) is 11.6 Å². The van der Waals surface area contributed by atoms with Crippen molar-refractivity contribution in [2.75, 3.05) is 12.4 Å². The van der Waals surface area contributed by atoms with E-state index in [9.17, 15) is 13.6 Å². The predicted octanol–water partition coefficient (Wildman–Crippen LogP) is 3.98. The van der Waals surface area contributed by atoms with Gasteiger partial charge in [0, 0.05) is 24.5 Å². The molecule has 0 aliphatic heterocycles. The van der Waals surface area contributed by atoms with Crippen LogP contribution in [0.5, 0.6) is 0 Å². The van der Waals surface area contributed by atoms with Gasteiger partial charge >= 0.3 is 0 Å². The number of benzene rings is 1. The van der Waals surface area contributed by atoms with E-state index in [4.69, 9.17) is 11.6 Å². The van der Waals surface area contributed by atoms with Crippen LogP contribution in [0.1, 0.15) is 42.5 Å². The van der Waals surface area contributed by atoms with Gasteiger partial charge in [-0.15, -0.1) is 11.6 Å². The lowest BCUT2D eigenvalue weighted by molar-refractivity contribution is 0.0645. The van der Waals surface area contributed by atoms with Gasteiger partial charge < -0.3 is 4.90 Å². The van der Waals surface area contributed by atoms with Crippen molar-refractivity contribution in [1.29, 1.82) is 0 Å². The number of carbonyl (C=O) groups is 1. The minimum atomic E-state index is -0.814. The van der Waals surface area contributed by atoms with Crippen molar-refractivity contribution in [3.8, 4) is 0 Å². The largest absolute Gasteiger partial charge is 0.334 e. The molecular weight excluding hydrogens is 284 g/mol. The highest BCUT2D eigenvalue weighted by molar-refractivity contribution is 6.18. The summed E-state index contributed by atoms with van der Waals surface area (Å²) >= 11 is 5.76. The summed E-state index contributed by atoms with van der Waals surface area (Å²) in [5.41, 5.74) is -0.0814. The molecule has 1 saturated carbocycles. The third-order valence-corrected chi connectivity index (χ3v) is 3.93. The summed E-state index contributed by atoms with van der Waals surface area (Å²) in [6.45, 7) is 0.391. The highest BCUT2D eigenvalue weighted by Gasteiger charge is 2.27. The van der Waals surface area contributed by atoms with Crippen molar-refractivity contribution in [3.63, 3.8) is 0 Å². The quantitative estimate of drug-likeness (QED) is 0.770. The van der Waals surface area contributed by atoms with Crippen molar-refractivity contribution in [1.82, 2.24) is 4.90 Å². The first-order valence-electron chi connectivity index (χ1n) is 6.95. The Morgan fingerprint density at radius 1 is 1.25 bits per heavy atom. The van der Waals surface area contributed by atoms with Crippen LogP contribution in [0.15, 0.2) is 18.2 Å². The number of hydrogen-bond acceptors (Lipinski definition) is 1. The summed E-state index contributed by atoms with van der Waals surface area (Å²) in [7, 11) is 0. The van der Waals surface area contributed by atoms with E-state index in [0.717, 1.165) is 37.8 Å². The zero-order valence-electron chi connectivity index (χ0n) is 11.2. The van der Waals surface area contributed by atoms with Crippen LogP contribution < -0.4 is 0 Å². The highest BCUT2D eigenvalue weighted by atomic mass is 35.5. The number of halogens is 3. The van der Waals surface area contributed by atoms with Crippen LogP contribution in [0.25, 0.3) is 0 Å². The van der Waals surface area contributed by atoms with E-state index in [1.807, 2.05) is 0 Å². The second-order valence-electron chi connectivity index (χ2n) is 5.10. The van der Waals surface area contributed by atoms with Gasteiger partial charge in [0.15, 0.2) is 0 Å². The van der Waals surface area contributed by atoms with Crippen LogP contribution in [-0.2, 0) is 0 Å². The number of alkyl halides is 1. The molecule has 20 heavy (non-hydrogen) atoms. The number of amides is 1. The molecule has 110 valence electrons. The molecule has 0 N–H and O–H groups in total. The van der Waals surface area contributed by atoms with Crippen LogP contribution in [-0.4, -0.2) is 29.3 Å². The molecule has 1 aliphatic rings. The second kappa shape index (κ2) is 7.02. The summed E-state index contributed by atoms with van der Waals surface area (Å²) in [5, 5.41) is 0. The summed E-state index contributed by atoms with van der Waals surface area (Å²) in [4.78, 5) is 14.1. The molecule has 2 nitrogen and oxygen atoms in total. The average Bonchev–Trinajstić information content (AvgIpc) is 2.45. The van der Waals surface area contributed by atoms with E-state index < -0.39 is 17.5 Å². The van der Waals surface area contributed by atoms with Crippen molar-refractivity contribution >= 4 is 17.5 Å². The number of rotatable bonds is 4. The van der Waals surface area contributed by atoms with Crippen molar-refractivity contribution < 1.29 is 13.6 Å². The van der Waals surface area contributed by atoms with E-state index in [-0.39, 0.29) is 11.6 Å². The molecule has 0 radical (unpaired) electrons. The molecule has 0 spiro atoms. The first kappa shape index (κ1) is 15.2. The molecule has 1 amide bonds. The summed E-state index contributed by atoms with van der Waals surface area (Å²) in [6.07, 6.45) is 5.16. The maximum atomic E-state index is 13.7. The van der Waals surface area contributed by atoms with Gasteiger partial charge in [-0.2, -0.15) is 0 Å². The molecule has 0 aromatic heterocycles. The second-order valence-corrected chi connectivity index (χ2v) is 5.48. The Hall–Kier alpha value is -1.16. The van der Waals surface area contributed by atoms with E-state index >= 15 is 0 Å². The first-order chi connectivity index (χ1) is 9.63. The first-order valence-corrected chi connectivity index (χ1v) is 7.49. The third-order valence-electron chi connectivity index (χ3n) is 3.76. The van der Waals surface area contributed by atoms with Gasteiger partial charge in [0.05, 0.1) is 5.56 Å². The fourth-order valence-corrected chi connectivity index (χ4v) is 2.93. The lowest BCUT2D eigenvalue weighted by Crippen LogP contribution is -2.43. The summed E-state index contributed by atoms with van der Waals surface area (Å²) in [6, 6.07) is 3.17. The lowest BCUT2D eigenvalue weighted by Gasteiger charge is -2.34. The molecule has 0 bridgehead atoms. The fourth-order valence-electron chi connectivity index (χ4n) is 2.75. The zero-order valence-corrected chi connectivity index (χ0v) is 12.0. The molecule has 1 fully saturated rings. The van der Waals surface area contributed by atoms with E-state index in [1.165, 1.54) is 12.5 Å². The highest BCUT2D eigenvalue weighted by Crippen LogP contribution is 2.24. The number of nitrogens with zero attached hydrogens (tertiary/aromatic N) is 1. The third kappa shape index (κ3) is 3.48. The Kier molecular flexibility index (Phi) is 5.35. The molecule has 0 atom stereocenters. The Balaban J connectivity index is 2.21. The Bertz CT molecular complexity index is 475. The summed E-state index contributed by atoms with van der Waals surface area (Å²) < 4.78 is 26.7. The van der Waals surface area contributed by atoms with E-state index in [2.05, 4.69) is 0 Å². The smallest absolute Gasteiger partial charge is 0.257 e. The van der Waals surface area contributed by atoms with Gasteiger partial charge in [-0.3, -0.25) is 4.79 Å². The van der Waals surface area contributed by atoms with Crippen LogP contribution >= 0.6 is 11.6 Å². The van der Waals surface area contributed by atoms with Gasteiger partial charge in [-0.25, -0.2) is 8.78 Å². The molecule has 1 aliphatic carbocycles. The van der Waals surface area contributed by atoms with Gasteiger partial charge in [0.2, 0.25) is 0 Å². The van der Waals surface area contributed by atoms with E-state index in [0.29, 0.717) is 12.4 Å². The molecule has 0 saturated heterocycles. The lowest BCUT2D eigenvalue weighted by atomic mass is 9.93. The monoisotopic (exact) mass is 301 g/mol. The van der Waals surface area contributed by atoms with E-state index in [1.54, 1.807) is 4.90 Å². The van der Waals surface area contributed by atoms with Gasteiger partial charge in [-0.05, 0) is 25.0 Å². The minimum Gasteiger partial charge on any atom is -0.334 e. The van der Waals surface area contributed by atoms with Crippen molar-refractivity contribution in [3.05, 3.63) is 35.4 Å². The molecule has 0 unspecified atom stereocenters. The molecule has 1 aromatic rings. The molecule has 0 heterocycles. The zero-order chi connectivity index (χ0) is 14.5. The Labute approximate surface area is 122 Å². The van der Waals surface area contributed by atoms with Crippen molar-refractivity contribution in [2.45, 2.75) is 38.1 Å². The topological polar surface area (TPSA) is 20.3 Å². The number of hydrogen-bond donors (Lipinski definition) is 0. The van der Waals surface area contributed by atoms with Crippen LogP contribution in [0.2, 0.25) is 0 Å². The Morgan fingerprint density at radius 2 is 1.95 bits per heavy atom. The maximum absolute atomic E-state index is 13.7. The SMILES string of the molecule is O=C(c1ccc(F)cc1F)N(CCCl)C1CCCCC1. The van der Waals surface area contributed by atoms with Gasteiger partial charge in [-0.1, -0.05) is 19.3 Å². The van der Waals surface area contributed by atoms with Crippen LogP contribution in [0.3, 0.4) is 0 Å². The predicted molar refractivity (Wildman–Crippen MR) is 75.0 cm³/mol. The summed E-state index contributed by atoms with van der Waals surface area (Å²) in [5.74, 6) is -1.58. The van der Waals surface area contributed by atoms with Crippen molar-refractivity contribution in [2.24, 2.45) is 0 Å². The molecule has 2 rings (SSSR count). The maximum Gasteiger partial charge on any atom is 0.257 e. The number of carbonyl (C=O) groups excluding carboxylic acids is 1. The Morgan fingerprint density at radius 3 is 2.55 bits per heavy atom. The molecular formula is C15H18ClF2NO. The normalized spacial score (nSPS) is 16.1. The van der Waals surface area contributed by atoms with Crippen LogP contribution in [0.4, 0.5) is 8.78 Å².